The third-order valence-corrected chi connectivity index (χ3v) is 5.08. The van der Waals surface area contributed by atoms with Crippen LogP contribution in [0, 0.1) is 6.92 Å². The number of thioether (sulfide) groups is 1. The van der Waals surface area contributed by atoms with Gasteiger partial charge in [0.25, 0.3) is 0 Å². The zero-order valence-corrected chi connectivity index (χ0v) is 15.7. The second-order valence-electron chi connectivity index (χ2n) is 6.42. The molecule has 0 amide bonds. The number of hydrogen-bond acceptors (Lipinski definition) is 8. The van der Waals surface area contributed by atoms with Crippen LogP contribution in [-0.4, -0.2) is 20.3 Å². The first-order valence-corrected chi connectivity index (χ1v) is 9.33. The van der Waals surface area contributed by atoms with Crippen LogP contribution in [0.25, 0.3) is 0 Å². The second kappa shape index (κ2) is 6.90. The summed E-state index contributed by atoms with van der Waals surface area (Å²) < 4.78 is 6.16. The monoisotopic (exact) mass is 361 g/mol. The highest BCUT2D eigenvalue weighted by Crippen LogP contribution is 2.30. The van der Waals surface area contributed by atoms with Crippen LogP contribution in [0.1, 0.15) is 38.0 Å². The number of rotatable bonds is 5. The van der Waals surface area contributed by atoms with Crippen LogP contribution < -0.4 is 5.32 Å². The number of nitrogens with one attached hydrogen (secondary N) is 1. The molecule has 8 heteroatoms. The highest BCUT2D eigenvalue weighted by Gasteiger charge is 2.21. The van der Waals surface area contributed by atoms with Crippen LogP contribution in [0.2, 0.25) is 0 Å². The van der Waals surface area contributed by atoms with Gasteiger partial charge in [-0.1, -0.05) is 61.2 Å². The van der Waals surface area contributed by atoms with E-state index in [1.165, 1.54) is 16.9 Å². The van der Waals surface area contributed by atoms with Crippen molar-refractivity contribution < 1.29 is 4.52 Å². The Morgan fingerprint density at radius 1 is 1.25 bits per heavy atom. The van der Waals surface area contributed by atoms with Crippen molar-refractivity contribution in [2.24, 2.45) is 0 Å². The van der Waals surface area contributed by atoms with Crippen molar-refractivity contribution in [2.75, 3.05) is 5.32 Å². The molecule has 3 rings (SSSR count). The minimum Gasteiger partial charge on any atom is -0.339 e. The summed E-state index contributed by atoms with van der Waals surface area (Å²) in [4.78, 5) is 4.42. The molecule has 0 atom stereocenters. The van der Waals surface area contributed by atoms with Crippen molar-refractivity contribution >= 4 is 33.9 Å². The molecule has 2 heterocycles. The quantitative estimate of drug-likeness (QED) is 0.667. The zero-order valence-electron chi connectivity index (χ0n) is 14.0. The van der Waals surface area contributed by atoms with Crippen molar-refractivity contribution in [1.82, 2.24) is 20.3 Å². The molecule has 2 aromatic heterocycles. The van der Waals surface area contributed by atoms with E-state index in [4.69, 9.17) is 4.52 Å². The number of nitrogens with zero attached hydrogens (tertiary/aromatic N) is 4. The van der Waals surface area contributed by atoms with Gasteiger partial charge in [0, 0.05) is 11.1 Å². The second-order valence-corrected chi connectivity index (χ2v) is 8.62. The largest absolute Gasteiger partial charge is 0.339 e. The molecule has 0 spiro atoms. The van der Waals surface area contributed by atoms with Crippen molar-refractivity contribution in [2.45, 2.75) is 43.2 Å². The molecule has 0 radical (unpaired) electrons. The molecule has 3 aromatic rings. The molecular formula is C16H19N5OS2. The van der Waals surface area contributed by atoms with Gasteiger partial charge in [0.15, 0.2) is 10.2 Å². The lowest BCUT2D eigenvalue weighted by atomic mass is 9.97. The van der Waals surface area contributed by atoms with Crippen molar-refractivity contribution in [3.63, 3.8) is 0 Å². The summed E-state index contributed by atoms with van der Waals surface area (Å²) in [6.07, 6.45) is 0. The van der Waals surface area contributed by atoms with E-state index < -0.39 is 0 Å². The van der Waals surface area contributed by atoms with Crippen LogP contribution in [0.3, 0.4) is 0 Å². The Labute approximate surface area is 149 Å². The van der Waals surface area contributed by atoms with Gasteiger partial charge < -0.3 is 9.84 Å². The molecule has 1 aromatic carbocycles. The first kappa shape index (κ1) is 16.9. The molecule has 0 saturated heterocycles. The van der Waals surface area contributed by atoms with E-state index in [9.17, 15) is 0 Å². The summed E-state index contributed by atoms with van der Waals surface area (Å²) in [5.41, 5.74) is 2.07. The van der Waals surface area contributed by atoms with Crippen molar-refractivity contribution in [3.8, 4) is 0 Å². The Bertz CT molecular complexity index is 822. The van der Waals surface area contributed by atoms with Crippen LogP contribution in [-0.2, 0) is 11.2 Å². The van der Waals surface area contributed by atoms with Gasteiger partial charge in [-0.2, -0.15) is 4.98 Å². The molecule has 0 unspecified atom stereocenters. The normalized spacial score (nSPS) is 11.7. The number of aromatic nitrogens is 4. The maximum atomic E-state index is 5.29. The summed E-state index contributed by atoms with van der Waals surface area (Å²) in [5.74, 6) is 1.93. The Balaban J connectivity index is 1.59. The molecule has 0 fully saturated rings. The Hall–Kier alpha value is -1.93. The number of benzene rings is 1. The van der Waals surface area contributed by atoms with Gasteiger partial charge in [-0.15, -0.1) is 10.2 Å². The van der Waals surface area contributed by atoms with Crippen molar-refractivity contribution in [3.05, 3.63) is 41.5 Å². The van der Waals surface area contributed by atoms with Crippen LogP contribution in [0.5, 0.6) is 0 Å². The fourth-order valence-corrected chi connectivity index (χ4v) is 3.52. The van der Waals surface area contributed by atoms with E-state index in [-0.39, 0.29) is 5.41 Å². The highest BCUT2D eigenvalue weighted by atomic mass is 32.2. The van der Waals surface area contributed by atoms with E-state index >= 15 is 0 Å². The number of aryl methyl sites for hydroxylation is 1. The highest BCUT2D eigenvalue weighted by molar-refractivity contribution is 8.00. The van der Waals surface area contributed by atoms with E-state index in [2.05, 4.69) is 44.7 Å². The van der Waals surface area contributed by atoms with Gasteiger partial charge in [0.2, 0.25) is 11.0 Å². The molecule has 0 aliphatic rings. The molecule has 0 saturated carbocycles. The van der Waals surface area contributed by atoms with Crippen molar-refractivity contribution in [1.29, 1.82) is 0 Å². The van der Waals surface area contributed by atoms with Crippen LogP contribution in [0.4, 0.5) is 10.8 Å². The number of anilines is 2. The fraction of sp³-hybridized carbons (Fsp3) is 0.375. The average Bonchev–Trinajstić information content (AvgIpc) is 3.13. The average molecular weight is 361 g/mol. The molecule has 0 bridgehead atoms. The van der Waals surface area contributed by atoms with Gasteiger partial charge in [-0.3, -0.25) is 0 Å². The predicted molar refractivity (Wildman–Crippen MR) is 96.9 cm³/mol. The van der Waals surface area contributed by atoms with Gasteiger partial charge >= 0.3 is 0 Å². The van der Waals surface area contributed by atoms with E-state index in [0.717, 1.165) is 15.2 Å². The maximum absolute atomic E-state index is 5.29. The molecule has 0 aliphatic heterocycles. The standard InChI is InChI=1S/C16H19N5OS2/c1-10-6-5-7-11(8-10)17-14-19-20-15(24-14)23-9-12-18-13(22-21-12)16(2,3)4/h5-8H,9H2,1-4H3,(H,17,19). The lowest BCUT2D eigenvalue weighted by Crippen LogP contribution is -2.11. The molecular weight excluding hydrogens is 342 g/mol. The minimum atomic E-state index is -0.135. The molecule has 0 aliphatic carbocycles. The smallest absolute Gasteiger partial charge is 0.232 e. The zero-order chi connectivity index (χ0) is 17.2. The summed E-state index contributed by atoms with van der Waals surface area (Å²) in [6.45, 7) is 8.20. The minimum absolute atomic E-state index is 0.135. The van der Waals surface area contributed by atoms with Gasteiger partial charge in [-0.05, 0) is 24.6 Å². The summed E-state index contributed by atoms with van der Waals surface area (Å²) >= 11 is 3.06. The number of hydrogen-bond donors (Lipinski definition) is 1. The van der Waals surface area contributed by atoms with Gasteiger partial charge in [0.05, 0.1) is 5.75 Å². The summed E-state index contributed by atoms with van der Waals surface area (Å²) in [6, 6.07) is 8.15. The Morgan fingerprint density at radius 2 is 2.08 bits per heavy atom. The first-order valence-electron chi connectivity index (χ1n) is 7.53. The predicted octanol–water partition coefficient (Wildman–Crippen LogP) is 4.56. The van der Waals surface area contributed by atoms with E-state index in [1.807, 2.05) is 32.9 Å². The van der Waals surface area contributed by atoms with Gasteiger partial charge in [-0.25, -0.2) is 0 Å². The topological polar surface area (TPSA) is 76.7 Å². The van der Waals surface area contributed by atoms with Crippen LogP contribution >= 0.6 is 23.1 Å². The van der Waals surface area contributed by atoms with E-state index in [0.29, 0.717) is 17.5 Å². The molecule has 24 heavy (non-hydrogen) atoms. The Morgan fingerprint density at radius 3 is 2.79 bits per heavy atom. The maximum Gasteiger partial charge on any atom is 0.232 e. The van der Waals surface area contributed by atoms with Gasteiger partial charge in [0.1, 0.15) is 0 Å². The third kappa shape index (κ3) is 4.33. The Kier molecular flexibility index (Phi) is 4.86. The lowest BCUT2D eigenvalue weighted by molar-refractivity contribution is 0.319. The third-order valence-electron chi connectivity index (χ3n) is 3.11. The molecule has 126 valence electrons. The summed E-state index contributed by atoms with van der Waals surface area (Å²) in [7, 11) is 0. The molecule has 1 N–H and O–H groups in total. The summed E-state index contributed by atoms with van der Waals surface area (Å²) in [5, 5.41) is 16.4. The fourth-order valence-electron chi connectivity index (χ4n) is 1.91. The SMILES string of the molecule is Cc1cccc(Nc2nnc(SCc3noc(C(C)(C)C)n3)s2)c1. The first-order chi connectivity index (χ1) is 11.4. The van der Waals surface area contributed by atoms with Crippen LogP contribution in [0.15, 0.2) is 33.1 Å². The molecule has 6 nitrogen and oxygen atoms in total. The van der Waals surface area contributed by atoms with E-state index in [1.54, 1.807) is 11.8 Å². The lowest BCUT2D eigenvalue weighted by Gasteiger charge is -2.10.